The second kappa shape index (κ2) is 13.2. The summed E-state index contributed by atoms with van der Waals surface area (Å²) in [5.74, 6) is -2.43. The number of carbonyl (C=O) groups is 1. The number of phenolic OH excluding ortho intramolecular Hbond substituents is 4. The number of aromatic hydroxyl groups is 4. The van der Waals surface area contributed by atoms with E-state index in [0.29, 0.717) is 11.1 Å². The molecule has 0 bridgehead atoms. The zero-order chi connectivity index (χ0) is 31.7. The highest BCUT2D eigenvalue weighted by Gasteiger charge is 2.55. The van der Waals surface area contributed by atoms with Gasteiger partial charge in [-0.05, 0) is 48.4 Å². The molecule has 2 aromatic carbocycles. The fourth-order valence-electron chi connectivity index (χ4n) is 5.19. The van der Waals surface area contributed by atoms with Crippen molar-refractivity contribution < 1.29 is 74.1 Å². The maximum Gasteiger partial charge on any atom is 0.331 e. The Bertz CT molecular complexity index is 1350. The minimum atomic E-state index is -1.73. The van der Waals surface area contributed by atoms with Gasteiger partial charge in [0.25, 0.3) is 0 Å². The van der Waals surface area contributed by atoms with Gasteiger partial charge in [0.1, 0.15) is 42.7 Å². The van der Waals surface area contributed by atoms with Gasteiger partial charge >= 0.3 is 5.97 Å². The predicted molar refractivity (Wildman–Crippen MR) is 145 cm³/mol. The van der Waals surface area contributed by atoms with E-state index in [1.165, 1.54) is 49.4 Å². The third-order valence-electron chi connectivity index (χ3n) is 7.64. The zero-order valence-corrected chi connectivity index (χ0v) is 23.3. The average Bonchev–Trinajstić information content (AvgIpc) is 3.01. The lowest BCUT2D eigenvalue weighted by molar-refractivity contribution is -0.384. The summed E-state index contributed by atoms with van der Waals surface area (Å²) in [5.41, 5.74) is 0.768. The molecular weight excluding hydrogens is 588 g/mol. The van der Waals surface area contributed by atoms with Gasteiger partial charge in [-0.15, -0.1) is 0 Å². The van der Waals surface area contributed by atoms with Crippen molar-refractivity contribution in [2.45, 2.75) is 74.4 Å². The Morgan fingerprint density at radius 1 is 0.886 bits per heavy atom. The first-order valence-corrected chi connectivity index (χ1v) is 13.8. The molecule has 5 rings (SSSR count). The number of carbonyl (C=O) groups excluding carboxylic acids is 1. The molecule has 0 aliphatic carbocycles. The third kappa shape index (κ3) is 6.61. The molecule has 44 heavy (non-hydrogen) atoms. The SMILES string of the molecule is C[C@@H]1O[C@@H](OC2C3O[C@@H](c4ccc(O)c(O)c4)CO[C@@H]3O[C@H](CO)C2OC(=O)/C=C/c2ccc(O)c(O)c2)[C@H](O)[C@H](O)[C@H]1O. The summed E-state index contributed by atoms with van der Waals surface area (Å²) in [7, 11) is 0. The van der Waals surface area contributed by atoms with Crippen LogP contribution in [0.3, 0.4) is 0 Å². The summed E-state index contributed by atoms with van der Waals surface area (Å²) in [5, 5.41) is 80.3. The Labute approximate surface area is 250 Å². The molecule has 15 heteroatoms. The molecule has 3 saturated heterocycles. The van der Waals surface area contributed by atoms with E-state index < -0.39 is 91.6 Å². The first-order valence-electron chi connectivity index (χ1n) is 13.8. The third-order valence-corrected chi connectivity index (χ3v) is 7.64. The second-order valence-corrected chi connectivity index (χ2v) is 10.7. The van der Waals surface area contributed by atoms with Crippen LogP contribution in [0.4, 0.5) is 0 Å². The Hall–Kier alpha value is -3.51. The molecule has 3 unspecified atom stereocenters. The molecule has 3 aliphatic rings. The number of fused-ring (bicyclic) bond motifs is 1. The van der Waals surface area contributed by atoms with Crippen LogP contribution in [0, 0.1) is 0 Å². The fraction of sp³-hybridized carbons (Fsp3) is 0.483. The van der Waals surface area contributed by atoms with E-state index in [2.05, 4.69) is 0 Å². The molecule has 0 aromatic heterocycles. The van der Waals surface area contributed by atoms with Crippen molar-refractivity contribution in [3.05, 3.63) is 53.6 Å². The summed E-state index contributed by atoms with van der Waals surface area (Å²) in [4.78, 5) is 13.0. The van der Waals surface area contributed by atoms with Crippen LogP contribution >= 0.6 is 0 Å². The topological polar surface area (TPSA) is 234 Å². The van der Waals surface area contributed by atoms with E-state index in [9.17, 15) is 45.6 Å². The molecule has 0 spiro atoms. The lowest BCUT2D eigenvalue weighted by Crippen LogP contribution is -2.66. The van der Waals surface area contributed by atoms with Gasteiger partial charge in [-0.3, -0.25) is 0 Å². The zero-order valence-electron chi connectivity index (χ0n) is 23.3. The van der Waals surface area contributed by atoms with Gasteiger partial charge in [-0.1, -0.05) is 12.1 Å². The Morgan fingerprint density at radius 2 is 1.59 bits per heavy atom. The Balaban J connectivity index is 1.43. The van der Waals surface area contributed by atoms with Crippen molar-refractivity contribution in [1.82, 2.24) is 0 Å². The largest absolute Gasteiger partial charge is 0.504 e. The summed E-state index contributed by atoms with van der Waals surface area (Å²) in [6, 6.07) is 7.92. The Kier molecular flexibility index (Phi) is 9.59. The number of ether oxygens (including phenoxy) is 6. The minimum Gasteiger partial charge on any atom is -0.504 e. The number of hydrogen-bond donors (Lipinski definition) is 8. The maximum absolute atomic E-state index is 13.0. The summed E-state index contributed by atoms with van der Waals surface area (Å²) < 4.78 is 35.3. The van der Waals surface area contributed by atoms with E-state index in [0.717, 1.165) is 6.08 Å². The number of rotatable bonds is 7. The lowest BCUT2D eigenvalue weighted by Gasteiger charge is -2.50. The van der Waals surface area contributed by atoms with Crippen molar-refractivity contribution in [1.29, 1.82) is 0 Å². The standard InChI is InChI=1S/C29H34O15/c1-12-22(36)23(37)24(38)28(40-12)44-26-25(43-21(35)7-3-13-2-5-15(31)17(33)8-13)19(10-30)42-29-27(26)41-20(11-39-29)14-4-6-16(32)18(34)9-14/h2-9,12,19-20,22-34,36-38H,10-11H2,1H3/b7-3+/t12-,19+,20+,22-,23+,24+,25?,26?,27?,28-,29+/m0/s1. The van der Waals surface area contributed by atoms with Gasteiger partial charge in [0.05, 0.1) is 19.3 Å². The van der Waals surface area contributed by atoms with Gasteiger partial charge in [0.2, 0.25) is 0 Å². The second-order valence-electron chi connectivity index (χ2n) is 10.7. The molecule has 15 nitrogen and oxygen atoms in total. The van der Waals surface area contributed by atoms with Crippen molar-refractivity contribution in [2.75, 3.05) is 13.2 Å². The first-order chi connectivity index (χ1) is 21.0. The molecule has 0 amide bonds. The Morgan fingerprint density at radius 3 is 2.27 bits per heavy atom. The highest BCUT2D eigenvalue weighted by Crippen LogP contribution is 2.39. The van der Waals surface area contributed by atoms with Crippen molar-refractivity contribution in [3.63, 3.8) is 0 Å². The molecule has 3 heterocycles. The van der Waals surface area contributed by atoms with Crippen molar-refractivity contribution >= 4 is 12.0 Å². The summed E-state index contributed by atoms with van der Waals surface area (Å²) in [6.07, 6.45) is -12.2. The van der Waals surface area contributed by atoms with Crippen LogP contribution in [-0.2, 0) is 33.2 Å². The highest BCUT2D eigenvalue weighted by atomic mass is 16.8. The smallest absolute Gasteiger partial charge is 0.331 e. The number of aliphatic hydroxyl groups excluding tert-OH is 4. The molecule has 11 atom stereocenters. The number of esters is 1. The van der Waals surface area contributed by atoms with Crippen molar-refractivity contribution in [2.24, 2.45) is 0 Å². The fourth-order valence-corrected chi connectivity index (χ4v) is 5.19. The van der Waals surface area contributed by atoms with Gasteiger partial charge in [0.15, 0.2) is 41.7 Å². The van der Waals surface area contributed by atoms with E-state index in [1.54, 1.807) is 0 Å². The number of aliphatic hydroxyl groups is 4. The lowest BCUT2D eigenvalue weighted by atomic mass is 9.95. The maximum atomic E-state index is 13.0. The quantitative estimate of drug-likeness (QED) is 0.111. The predicted octanol–water partition coefficient (Wildman–Crippen LogP) is -0.479. The van der Waals surface area contributed by atoms with E-state index in [-0.39, 0.29) is 18.1 Å². The molecule has 3 fully saturated rings. The first kappa shape index (κ1) is 31.9. The summed E-state index contributed by atoms with van der Waals surface area (Å²) in [6.45, 7) is 0.713. The van der Waals surface area contributed by atoms with E-state index in [4.69, 9.17) is 28.4 Å². The van der Waals surface area contributed by atoms with Crippen LogP contribution in [0.5, 0.6) is 23.0 Å². The van der Waals surface area contributed by atoms with Gasteiger partial charge in [0, 0.05) is 6.08 Å². The molecule has 0 radical (unpaired) electrons. The highest BCUT2D eigenvalue weighted by molar-refractivity contribution is 5.87. The van der Waals surface area contributed by atoms with Crippen LogP contribution in [0.1, 0.15) is 24.2 Å². The van der Waals surface area contributed by atoms with Crippen LogP contribution in [-0.4, -0.2) is 121 Å². The van der Waals surface area contributed by atoms with Crippen LogP contribution < -0.4 is 0 Å². The van der Waals surface area contributed by atoms with Crippen LogP contribution in [0.25, 0.3) is 6.08 Å². The normalized spacial score (nSPS) is 35.7. The number of hydrogen-bond acceptors (Lipinski definition) is 15. The van der Waals surface area contributed by atoms with Gasteiger partial charge < -0.3 is 69.3 Å². The molecule has 3 aliphatic heterocycles. The monoisotopic (exact) mass is 622 g/mol. The number of phenols is 4. The van der Waals surface area contributed by atoms with Crippen molar-refractivity contribution in [3.8, 4) is 23.0 Å². The van der Waals surface area contributed by atoms with Gasteiger partial charge in [-0.2, -0.15) is 0 Å². The number of benzene rings is 2. The van der Waals surface area contributed by atoms with Crippen LogP contribution in [0.2, 0.25) is 0 Å². The molecular formula is C29H34O15. The molecule has 2 aromatic rings. The minimum absolute atomic E-state index is 0.0760. The van der Waals surface area contributed by atoms with Crippen LogP contribution in [0.15, 0.2) is 42.5 Å². The van der Waals surface area contributed by atoms with Gasteiger partial charge in [-0.25, -0.2) is 4.79 Å². The van der Waals surface area contributed by atoms with E-state index in [1.807, 2.05) is 0 Å². The molecule has 0 saturated carbocycles. The molecule has 240 valence electrons. The molecule has 8 N–H and O–H groups in total. The average molecular weight is 623 g/mol. The summed E-state index contributed by atoms with van der Waals surface area (Å²) >= 11 is 0. The van der Waals surface area contributed by atoms with E-state index >= 15 is 0 Å².